The van der Waals surface area contributed by atoms with Crippen LogP contribution < -0.4 is 13.3 Å². The summed E-state index contributed by atoms with van der Waals surface area (Å²) < 4.78 is 0. The molecule has 0 N–H and O–H groups in total. The standard InChI is InChI=1S/I81/c1-42-44(4)46(6)48(8)50(10)52(12)54(14)56(16)58(18)60(20)62(22)64(24)66(26)68(28)70(30)72(32)74(34)76(36)78(38)80(40)81(41)79(39)77(37)75(35)73(33)71(31)69(29)67(27)65(25)63(23)61(21)59(19)57(17)55(15)53(13)51(11)49(9)47(7)45(5)43(2)3/q-1. The molecule has 0 aromatic carbocycles. The maximum absolute atomic E-state index is 3.46. The van der Waals surface area contributed by atoms with Crippen LogP contribution in [0.5, 0.6) is 0 Å². The minimum atomic E-state index is -0.638. The quantitative estimate of drug-likeness (QED) is 0.0538. The van der Waals surface area contributed by atoms with Crippen molar-refractivity contribution in [3.63, 3.8) is 0 Å². The number of rotatable bonds is 39. The summed E-state index contributed by atoms with van der Waals surface area (Å²) in [5.41, 5.74) is 0. The van der Waals surface area contributed by atoms with Gasteiger partial charge in [0.25, 0.3) is 0 Å². The van der Waals surface area contributed by atoms with Crippen LogP contribution in [0.15, 0.2) is 0 Å². The van der Waals surface area contributed by atoms with Crippen LogP contribution in [0.2, 0.25) is 0 Å². The van der Waals surface area contributed by atoms with Gasteiger partial charge in [0.05, 0.1) is 0 Å². The molecular formula is I81-. The van der Waals surface area contributed by atoms with Gasteiger partial charge in [-0.2, -0.15) is 0 Å². The molecule has 0 heterocycles. The Kier molecular flexibility index (Phi) is 146. The topological polar surface area (TPSA) is 0 Å². The first-order valence-electron chi connectivity index (χ1n) is 11.4. The van der Waals surface area contributed by atoms with Gasteiger partial charge in [-0.05, 0) is 0 Å². The summed E-state index contributed by atoms with van der Waals surface area (Å²) >= 11 is 138. The zero-order valence-electron chi connectivity index (χ0n) is 30.6. The predicted molar refractivity (Wildman–Crippen MR) is 1120 cm³/mol. The molecule has 0 amide bonds. The van der Waals surface area contributed by atoms with E-state index in [4.69, 9.17) is 0 Å². The van der Waals surface area contributed by atoms with Crippen molar-refractivity contribution in [2.45, 2.75) is 0 Å². The van der Waals surface area contributed by atoms with Gasteiger partial charge in [-0.1, -0.05) is 0 Å². The van der Waals surface area contributed by atoms with E-state index in [0.29, 0.717) is 13.3 Å². The maximum atomic E-state index is 3.46. The summed E-state index contributed by atoms with van der Waals surface area (Å²) in [6.45, 7) is 0. The minimum absolute atomic E-state index is 0.416. The van der Waals surface area contributed by atoms with Crippen LogP contribution in [0.1, 0.15) is 0 Å². The molecule has 0 spiro atoms. The SMILES string of the molecule is I[I-]I(I)I(I)I(I)I(I)I(I)I(I)I(I)I(I)I(I)I(I)I(I)I(I)I(I)I(I)I(I)I(I)I(I)I(I)I(I)I(I)I(I)I(I)I(I)I(I)I(I)I(I)I(I)I(I)I(I)I(I)I(I)I(I)I(I)I(I)I(I)I(I)I(I)I(I)I(I)I. The molecule has 0 saturated carbocycles. The van der Waals surface area contributed by atoms with Gasteiger partial charge in [0.15, 0.2) is 0 Å². The summed E-state index contributed by atoms with van der Waals surface area (Å²) in [5, 5.41) is 0. The van der Waals surface area contributed by atoms with Crippen LogP contribution in [0.3, 0.4) is 0 Å². The molecule has 0 aromatic heterocycles. The molecule has 81 heteroatoms. The number of halogens is 81. The first-order valence-corrected chi connectivity index (χ1v) is 514. The van der Waals surface area contributed by atoms with E-state index in [1.165, 1.54) is 0 Å². The number of hydrogen-bond donors (Lipinski definition) is 0. The van der Waals surface area contributed by atoms with E-state index >= 15 is 0 Å². The molecule has 0 aliphatic carbocycles. The van der Waals surface area contributed by atoms with Gasteiger partial charge in [0, 0.05) is 0 Å². The van der Waals surface area contributed by atoms with Crippen LogP contribution >= 0.6 is 1070 Å². The van der Waals surface area contributed by atoms with Crippen LogP contribution in [0, 0.1) is 0 Å². The zero-order valence-corrected chi connectivity index (χ0v) is 205. The monoisotopic (exact) mass is 10300 g/mol. The molecule has 0 fully saturated rings. The predicted octanol–water partition coefficient (Wildman–Crippen LogP) is 67.9. The fraction of sp³-hybridized carbons (Fsp3) is 0. The second-order valence-electron chi connectivity index (χ2n) is 6.37. The van der Waals surface area contributed by atoms with Gasteiger partial charge in [-0.3, -0.25) is 0 Å². The molecular weight excluding hydrogens is 10300 g/mol. The van der Waals surface area contributed by atoms with Gasteiger partial charge in [0.2, 0.25) is 0 Å². The van der Waals surface area contributed by atoms with Crippen molar-refractivity contribution in [3.05, 3.63) is 0 Å². The molecule has 0 unspecified atom stereocenters. The van der Waals surface area contributed by atoms with Crippen LogP contribution in [0.4, 0.5) is 0 Å². The first kappa shape index (κ1) is 140. The average Bonchev–Trinajstić information content (AvgIpc) is 3.46. The average molecular weight is 10300 g/mol. The Morgan fingerprint density at radius 1 is 0.111 bits per heavy atom. The number of hydrogen-bond acceptors (Lipinski definition) is 0. The fourth-order valence-corrected chi connectivity index (χ4v) is 15700. The Hall–Kier alpha value is 59.1. The van der Waals surface area contributed by atoms with Crippen molar-refractivity contribution in [3.8, 4) is 0 Å². The third kappa shape index (κ3) is 57.6. The van der Waals surface area contributed by atoms with Crippen molar-refractivity contribution in [2.24, 2.45) is 0 Å². The zero-order chi connectivity index (χ0) is 64.2. The molecule has 0 aliphatic rings. The normalized spacial score (nSPS) is 19.0. The third-order valence-corrected chi connectivity index (χ3v) is 6360. The Morgan fingerprint density at radius 2 is 0.185 bits per heavy atom. The second kappa shape index (κ2) is 84.6. The van der Waals surface area contributed by atoms with Crippen LogP contribution in [-0.2, 0) is 0 Å². The van der Waals surface area contributed by atoms with Crippen molar-refractivity contribution in [1.82, 2.24) is 0 Å². The fourth-order valence-electron chi connectivity index (χ4n) is 1.16. The molecule has 0 rings (SSSR count). The Morgan fingerprint density at radius 3 is 0.259 bits per heavy atom. The Labute approximate surface area is 1020 Å². The van der Waals surface area contributed by atoms with Crippen molar-refractivity contribution in [1.29, 1.82) is 0 Å². The summed E-state index contributed by atoms with van der Waals surface area (Å²) in [5.74, 6) is 0. The molecule has 568 valence electrons. The van der Waals surface area contributed by atoms with E-state index in [9.17, 15) is 0 Å². The molecule has 0 bridgehead atoms. The van der Waals surface area contributed by atoms with Crippen LogP contribution in [0.25, 0.3) is 0 Å². The summed E-state index contributed by atoms with van der Waals surface area (Å²) in [6.07, 6.45) is 0. The van der Waals surface area contributed by atoms with Gasteiger partial charge in [-0.25, -0.2) is 0 Å². The van der Waals surface area contributed by atoms with Crippen molar-refractivity contribution in [2.75, 3.05) is 0 Å². The van der Waals surface area contributed by atoms with Gasteiger partial charge in [0.1, 0.15) is 0 Å². The van der Waals surface area contributed by atoms with E-state index < -0.39 is 308 Å². The molecule has 0 aromatic rings. The molecule has 0 saturated heterocycles. The Balaban J connectivity index is 5.81. The first-order chi connectivity index (χ1) is 36.9. The molecule has 0 atom stereocenters. The van der Waals surface area contributed by atoms with E-state index in [1.54, 1.807) is 0 Å². The van der Waals surface area contributed by atoms with E-state index in [-0.39, 0.29) is 0 Å². The summed E-state index contributed by atoms with van der Waals surface area (Å²) in [7, 11) is -22.9. The van der Waals surface area contributed by atoms with Crippen LogP contribution in [-0.4, -0.2) is 0 Å². The van der Waals surface area contributed by atoms with Gasteiger partial charge in [-0.15, -0.1) is 0 Å². The third-order valence-electron chi connectivity index (χ3n) is 3.14. The molecule has 81 heavy (non-hydrogen) atoms. The summed E-state index contributed by atoms with van der Waals surface area (Å²) in [4.78, 5) is 0. The second-order valence-corrected chi connectivity index (χ2v) is 1920. The van der Waals surface area contributed by atoms with E-state index in [1.807, 2.05) is 0 Å². The molecule has 0 aliphatic heterocycles. The summed E-state index contributed by atoms with van der Waals surface area (Å²) in [6, 6.07) is 0. The van der Waals surface area contributed by atoms with Gasteiger partial charge >= 0.3 is 1080 Å². The van der Waals surface area contributed by atoms with Crippen molar-refractivity contribution < 1.29 is 13.3 Å². The molecule has 0 nitrogen and oxygen atoms in total. The van der Waals surface area contributed by atoms with Gasteiger partial charge < -0.3 is 0 Å². The van der Waals surface area contributed by atoms with E-state index in [2.05, 4.69) is 763 Å². The van der Waals surface area contributed by atoms with Crippen molar-refractivity contribution >= 4 is 1070 Å². The molecule has 0 radical (unpaired) electrons. The Bertz CT molecular complexity index is 1620. The van der Waals surface area contributed by atoms with E-state index in [0.717, 1.165) is 0 Å².